The maximum atomic E-state index is 13.8. The average Bonchev–Trinajstić information content (AvgIpc) is 2.30. The molecule has 1 aromatic rings. The number of aliphatic hydroxyl groups is 1. The second-order valence-corrected chi connectivity index (χ2v) is 6.46. The van der Waals surface area contributed by atoms with Crippen LogP contribution >= 0.6 is 15.9 Å². The molecule has 2 rings (SSSR count). The summed E-state index contributed by atoms with van der Waals surface area (Å²) in [4.78, 5) is 14.1. The summed E-state index contributed by atoms with van der Waals surface area (Å²) >= 11 is 3.25. The number of rotatable bonds is 1. The third-order valence-corrected chi connectivity index (χ3v) is 4.05. The summed E-state index contributed by atoms with van der Waals surface area (Å²) in [5.41, 5.74) is -0.400. The molecule has 0 saturated carbocycles. The Morgan fingerprint density at radius 1 is 1.53 bits per heavy atom. The zero-order chi connectivity index (χ0) is 14.2. The summed E-state index contributed by atoms with van der Waals surface area (Å²) in [6, 6.07) is 4.35. The summed E-state index contributed by atoms with van der Waals surface area (Å²) in [6.07, 6.45) is 0.644. The monoisotopic (exact) mass is 329 g/mol. The third-order valence-electron chi connectivity index (χ3n) is 3.56. The molecule has 0 spiro atoms. The van der Waals surface area contributed by atoms with Gasteiger partial charge in [-0.25, -0.2) is 4.39 Å². The lowest BCUT2D eigenvalue weighted by Gasteiger charge is -2.44. The zero-order valence-corrected chi connectivity index (χ0v) is 12.6. The molecule has 1 aromatic carbocycles. The van der Waals surface area contributed by atoms with Gasteiger partial charge in [-0.05, 0) is 44.9 Å². The molecule has 1 amide bonds. The van der Waals surface area contributed by atoms with Crippen molar-refractivity contribution in [1.29, 1.82) is 0 Å². The van der Waals surface area contributed by atoms with E-state index < -0.39 is 17.5 Å². The molecule has 1 aliphatic heterocycles. The summed E-state index contributed by atoms with van der Waals surface area (Å²) in [7, 11) is 0. The number of carbonyl (C=O) groups excluding carboxylic acids is 1. The third kappa shape index (κ3) is 2.98. The van der Waals surface area contributed by atoms with Crippen LogP contribution in [0.25, 0.3) is 0 Å². The lowest BCUT2D eigenvalue weighted by Crippen LogP contribution is -2.54. The topological polar surface area (TPSA) is 40.5 Å². The SMILES string of the molecule is CC1(C)CC(O)CCN1C(=O)c1cc(Br)ccc1F. The highest BCUT2D eigenvalue weighted by Gasteiger charge is 2.38. The first-order chi connectivity index (χ1) is 8.81. The molecule has 1 aliphatic rings. The Hall–Kier alpha value is -0.940. The molecular weight excluding hydrogens is 313 g/mol. The number of amides is 1. The predicted octanol–water partition coefficient (Wildman–Crippen LogP) is 2.96. The van der Waals surface area contributed by atoms with Gasteiger partial charge in [-0.1, -0.05) is 15.9 Å². The van der Waals surface area contributed by atoms with Gasteiger partial charge in [-0.15, -0.1) is 0 Å². The van der Waals surface area contributed by atoms with Gasteiger partial charge in [0.05, 0.1) is 11.7 Å². The molecule has 0 radical (unpaired) electrons. The van der Waals surface area contributed by atoms with Crippen LogP contribution in [0.1, 0.15) is 37.0 Å². The molecule has 1 atom stereocenters. The van der Waals surface area contributed by atoms with Crippen LogP contribution in [0, 0.1) is 5.82 Å². The fourth-order valence-corrected chi connectivity index (χ4v) is 2.91. The Balaban J connectivity index is 2.31. The molecular formula is C14H17BrFNO2. The zero-order valence-electron chi connectivity index (χ0n) is 11.0. The van der Waals surface area contributed by atoms with Gasteiger partial charge >= 0.3 is 0 Å². The molecule has 1 fully saturated rings. The van der Waals surface area contributed by atoms with Gasteiger partial charge in [-0.2, -0.15) is 0 Å². The van der Waals surface area contributed by atoms with E-state index in [1.54, 1.807) is 11.0 Å². The van der Waals surface area contributed by atoms with Crippen molar-refractivity contribution in [2.75, 3.05) is 6.54 Å². The lowest BCUT2D eigenvalue weighted by atomic mass is 9.88. The van der Waals surface area contributed by atoms with Crippen molar-refractivity contribution in [3.05, 3.63) is 34.1 Å². The normalized spacial score (nSPS) is 22.4. The molecule has 5 heteroatoms. The minimum atomic E-state index is -0.518. The molecule has 1 heterocycles. The first kappa shape index (κ1) is 14.5. The predicted molar refractivity (Wildman–Crippen MR) is 74.5 cm³/mol. The molecule has 0 aromatic heterocycles. The van der Waals surface area contributed by atoms with Gasteiger partial charge in [0, 0.05) is 16.6 Å². The Morgan fingerprint density at radius 3 is 2.84 bits per heavy atom. The maximum Gasteiger partial charge on any atom is 0.257 e. The maximum absolute atomic E-state index is 13.8. The number of aliphatic hydroxyl groups excluding tert-OH is 1. The molecule has 3 nitrogen and oxygen atoms in total. The van der Waals surface area contributed by atoms with Crippen LogP contribution in [0.5, 0.6) is 0 Å². The standard InChI is InChI=1S/C14H17BrFNO2/c1-14(2)8-10(18)5-6-17(14)13(19)11-7-9(15)3-4-12(11)16/h3-4,7,10,18H,5-6,8H2,1-2H3. The number of piperidine rings is 1. The van der Waals surface area contributed by atoms with E-state index in [9.17, 15) is 14.3 Å². The highest BCUT2D eigenvalue weighted by Crippen LogP contribution is 2.30. The highest BCUT2D eigenvalue weighted by atomic mass is 79.9. The molecule has 19 heavy (non-hydrogen) atoms. The van der Waals surface area contributed by atoms with Crippen molar-refractivity contribution in [2.24, 2.45) is 0 Å². The van der Waals surface area contributed by atoms with Gasteiger partial charge in [0.15, 0.2) is 0 Å². The minimum absolute atomic E-state index is 0.0684. The van der Waals surface area contributed by atoms with E-state index in [0.29, 0.717) is 23.9 Å². The van der Waals surface area contributed by atoms with E-state index in [4.69, 9.17) is 0 Å². The van der Waals surface area contributed by atoms with Crippen LogP contribution in [-0.2, 0) is 0 Å². The smallest absolute Gasteiger partial charge is 0.257 e. The second kappa shape index (κ2) is 5.21. The van der Waals surface area contributed by atoms with Crippen molar-refractivity contribution in [3.63, 3.8) is 0 Å². The summed E-state index contributed by atoms with van der Waals surface area (Å²) in [5, 5.41) is 9.69. The van der Waals surface area contributed by atoms with Crippen LogP contribution in [0.2, 0.25) is 0 Å². The van der Waals surface area contributed by atoms with Crippen LogP contribution < -0.4 is 0 Å². The van der Waals surface area contributed by atoms with Crippen LogP contribution in [0.3, 0.4) is 0 Å². The molecule has 1 N–H and O–H groups in total. The first-order valence-corrected chi connectivity index (χ1v) is 7.05. The van der Waals surface area contributed by atoms with Gasteiger partial charge in [0.25, 0.3) is 5.91 Å². The number of likely N-dealkylation sites (tertiary alicyclic amines) is 1. The molecule has 104 valence electrons. The van der Waals surface area contributed by atoms with E-state index >= 15 is 0 Å². The fourth-order valence-electron chi connectivity index (χ4n) is 2.55. The van der Waals surface area contributed by atoms with Crippen molar-refractivity contribution in [3.8, 4) is 0 Å². The van der Waals surface area contributed by atoms with E-state index in [1.165, 1.54) is 12.1 Å². The van der Waals surface area contributed by atoms with Crippen LogP contribution in [0.15, 0.2) is 22.7 Å². The number of halogens is 2. The van der Waals surface area contributed by atoms with E-state index in [0.717, 1.165) is 0 Å². The number of benzene rings is 1. The molecule has 0 bridgehead atoms. The Labute approximate surface area is 120 Å². The van der Waals surface area contributed by atoms with Crippen LogP contribution in [-0.4, -0.2) is 34.1 Å². The van der Waals surface area contributed by atoms with E-state index in [1.807, 2.05) is 13.8 Å². The number of nitrogens with zero attached hydrogens (tertiary/aromatic N) is 1. The minimum Gasteiger partial charge on any atom is -0.393 e. The highest BCUT2D eigenvalue weighted by molar-refractivity contribution is 9.10. The van der Waals surface area contributed by atoms with Gasteiger partial charge < -0.3 is 10.0 Å². The molecule has 1 unspecified atom stereocenters. The van der Waals surface area contributed by atoms with E-state index in [-0.39, 0.29) is 11.5 Å². The Morgan fingerprint density at radius 2 is 2.21 bits per heavy atom. The summed E-state index contributed by atoms with van der Waals surface area (Å²) in [6.45, 7) is 4.23. The van der Waals surface area contributed by atoms with Gasteiger partial charge in [-0.3, -0.25) is 4.79 Å². The fraction of sp³-hybridized carbons (Fsp3) is 0.500. The second-order valence-electron chi connectivity index (χ2n) is 5.54. The number of hydrogen-bond donors (Lipinski definition) is 1. The number of carbonyl (C=O) groups is 1. The quantitative estimate of drug-likeness (QED) is 0.860. The largest absolute Gasteiger partial charge is 0.393 e. The Bertz CT molecular complexity index is 504. The van der Waals surface area contributed by atoms with Crippen molar-refractivity contribution >= 4 is 21.8 Å². The molecule has 0 aliphatic carbocycles. The summed E-state index contributed by atoms with van der Waals surface area (Å²) < 4.78 is 14.5. The number of hydrogen-bond acceptors (Lipinski definition) is 2. The van der Waals surface area contributed by atoms with Crippen molar-refractivity contribution < 1.29 is 14.3 Å². The first-order valence-electron chi connectivity index (χ1n) is 6.26. The van der Waals surface area contributed by atoms with Crippen LogP contribution in [0.4, 0.5) is 4.39 Å². The average molecular weight is 330 g/mol. The van der Waals surface area contributed by atoms with E-state index in [2.05, 4.69) is 15.9 Å². The van der Waals surface area contributed by atoms with Gasteiger partial charge in [0.1, 0.15) is 5.82 Å². The molecule has 1 saturated heterocycles. The van der Waals surface area contributed by atoms with Crippen molar-refractivity contribution in [1.82, 2.24) is 4.90 Å². The summed E-state index contributed by atoms with van der Waals surface area (Å²) in [5.74, 6) is -0.842. The van der Waals surface area contributed by atoms with Crippen molar-refractivity contribution in [2.45, 2.75) is 38.3 Å². The van der Waals surface area contributed by atoms with Gasteiger partial charge in [0.2, 0.25) is 0 Å². The lowest BCUT2D eigenvalue weighted by molar-refractivity contribution is 0.00303. The Kier molecular flexibility index (Phi) is 3.97.